The SMILES string of the molecule is O=C1C[C@H](N2CCN(c3ccccc3F)CC2)C(=O)N1c1ccc2c(c1)OCCO2. The van der Waals surface area contributed by atoms with Crippen molar-refractivity contribution in [2.24, 2.45) is 0 Å². The summed E-state index contributed by atoms with van der Waals surface area (Å²) < 4.78 is 25.2. The fourth-order valence-corrected chi connectivity index (χ4v) is 4.33. The van der Waals surface area contributed by atoms with E-state index in [0.29, 0.717) is 62.3 Å². The minimum absolute atomic E-state index is 0.146. The lowest BCUT2D eigenvalue weighted by Gasteiger charge is -2.38. The van der Waals surface area contributed by atoms with Crippen LogP contribution in [0.5, 0.6) is 11.5 Å². The molecule has 2 aromatic rings. The van der Waals surface area contributed by atoms with Gasteiger partial charge >= 0.3 is 0 Å². The normalized spacial score (nSPS) is 22.0. The van der Waals surface area contributed by atoms with Crippen molar-refractivity contribution in [1.82, 2.24) is 4.90 Å². The molecule has 0 saturated carbocycles. The Morgan fingerprint density at radius 2 is 1.63 bits per heavy atom. The highest BCUT2D eigenvalue weighted by Crippen LogP contribution is 2.36. The number of hydrogen-bond acceptors (Lipinski definition) is 6. The van der Waals surface area contributed by atoms with Crippen LogP contribution in [-0.2, 0) is 9.59 Å². The Bertz CT molecular complexity index is 990. The number of halogens is 1. The minimum Gasteiger partial charge on any atom is -0.486 e. The van der Waals surface area contributed by atoms with Crippen molar-refractivity contribution >= 4 is 23.2 Å². The van der Waals surface area contributed by atoms with E-state index in [2.05, 4.69) is 0 Å². The summed E-state index contributed by atoms with van der Waals surface area (Å²) >= 11 is 0. The molecular formula is C22H22FN3O4. The summed E-state index contributed by atoms with van der Waals surface area (Å²) in [7, 11) is 0. The third kappa shape index (κ3) is 3.27. The second kappa shape index (κ2) is 7.60. The highest BCUT2D eigenvalue weighted by molar-refractivity contribution is 6.22. The van der Waals surface area contributed by atoms with Crippen LogP contribution in [0.25, 0.3) is 0 Å². The van der Waals surface area contributed by atoms with Crippen molar-refractivity contribution in [3.8, 4) is 11.5 Å². The van der Waals surface area contributed by atoms with Crippen LogP contribution in [0, 0.1) is 5.82 Å². The van der Waals surface area contributed by atoms with E-state index >= 15 is 0 Å². The molecule has 3 aliphatic rings. The molecule has 0 aliphatic carbocycles. The van der Waals surface area contributed by atoms with Crippen LogP contribution in [0.1, 0.15) is 6.42 Å². The molecular weight excluding hydrogens is 389 g/mol. The van der Waals surface area contributed by atoms with Gasteiger partial charge in [0, 0.05) is 32.2 Å². The van der Waals surface area contributed by atoms with E-state index in [9.17, 15) is 14.0 Å². The van der Waals surface area contributed by atoms with E-state index in [-0.39, 0.29) is 24.1 Å². The van der Waals surface area contributed by atoms with Crippen LogP contribution in [-0.4, -0.2) is 62.1 Å². The number of benzene rings is 2. The van der Waals surface area contributed by atoms with Gasteiger partial charge in [0.1, 0.15) is 19.0 Å². The van der Waals surface area contributed by atoms with Crippen LogP contribution < -0.4 is 19.3 Å². The molecule has 30 heavy (non-hydrogen) atoms. The number of rotatable bonds is 3. The molecule has 0 radical (unpaired) electrons. The molecule has 2 aromatic carbocycles. The first-order valence-electron chi connectivity index (χ1n) is 10.1. The summed E-state index contributed by atoms with van der Waals surface area (Å²) in [6.45, 7) is 3.30. The third-order valence-corrected chi connectivity index (χ3v) is 5.85. The zero-order chi connectivity index (χ0) is 20.7. The van der Waals surface area contributed by atoms with Crippen LogP contribution in [0.4, 0.5) is 15.8 Å². The first-order chi connectivity index (χ1) is 14.6. The molecule has 0 unspecified atom stereocenters. The number of carbonyl (C=O) groups excluding carboxylic acids is 2. The highest BCUT2D eigenvalue weighted by Gasteiger charge is 2.43. The maximum Gasteiger partial charge on any atom is 0.251 e. The number of carbonyl (C=O) groups is 2. The van der Waals surface area contributed by atoms with E-state index in [0.717, 1.165) is 0 Å². The van der Waals surface area contributed by atoms with Gasteiger partial charge in [0.25, 0.3) is 5.91 Å². The van der Waals surface area contributed by atoms with E-state index in [1.54, 1.807) is 30.3 Å². The van der Waals surface area contributed by atoms with Crippen LogP contribution in [0.2, 0.25) is 0 Å². The molecule has 5 rings (SSSR count). The maximum absolute atomic E-state index is 14.1. The quantitative estimate of drug-likeness (QED) is 0.721. The summed E-state index contributed by atoms with van der Waals surface area (Å²) in [5.74, 6) is 0.461. The number of imide groups is 1. The molecule has 156 valence electrons. The molecule has 8 heteroatoms. The van der Waals surface area contributed by atoms with Crippen molar-refractivity contribution in [3.05, 3.63) is 48.3 Å². The Kier molecular flexibility index (Phi) is 4.78. The lowest BCUT2D eigenvalue weighted by Crippen LogP contribution is -2.52. The first-order valence-corrected chi connectivity index (χ1v) is 10.1. The number of amides is 2. The predicted molar refractivity (Wildman–Crippen MR) is 109 cm³/mol. The van der Waals surface area contributed by atoms with Gasteiger partial charge in [-0.25, -0.2) is 9.29 Å². The fraction of sp³-hybridized carbons (Fsp3) is 0.364. The third-order valence-electron chi connectivity index (χ3n) is 5.85. The van der Waals surface area contributed by atoms with Crippen LogP contribution in [0.15, 0.2) is 42.5 Å². The number of hydrogen-bond donors (Lipinski definition) is 0. The average Bonchev–Trinajstić information content (AvgIpc) is 3.08. The lowest BCUT2D eigenvalue weighted by atomic mass is 10.1. The van der Waals surface area contributed by atoms with Crippen LogP contribution >= 0.6 is 0 Å². The maximum atomic E-state index is 14.1. The summed E-state index contributed by atoms with van der Waals surface area (Å²) in [5.41, 5.74) is 1.07. The molecule has 0 aromatic heterocycles. The van der Waals surface area contributed by atoms with E-state index in [4.69, 9.17) is 9.47 Å². The molecule has 1 atom stereocenters. The zero-order valence-electron chi connectivity index (χ0n) is 16.4. The van der Waals surface area contributed by atoms with Gasteiger partial charge < -0.3 is 14.4 Å². The molecule has 3 heterocycles. The molecule has 3 aliphatic heterocycles. The first kappa shape index (κ1) is 18.9. The van der Waals surface area contributed by atoms with Crippen molar-refractivity contribution in [1.29, 1.82) is 0 Å². The number of ether oxygens (including phenoxy) is 2. The van der Waals surface area contributed by atoms with Gasteiger partial charge in [-0.15, -0.1) is 0 Å². The number of fused-ring (bicyclic) bond motifs is 1. The van der Waals surface area contributed by atoms with Crippen molar-refractivity contribution < 1.29 is 23.5 Å². The van der Waals surface area contributed by atoms with Crippen molar-refractivity contribution in [2.45, 2.75) is 12.5 Å². The van der Waals surface area contributed by atoms with E-state index in [1.165, 1.54) is 11.0 Å². The summed E-state index contributed by atoms with van der Waals surface area (Å²) in [4.78, 5) is 31.0. The van der Waals surface area contributed by atoms with Gasteiger partial charge in [-0.2, -0.15) is 0 Å². The fourth-order valence-electron chi connectivity index (χ4n) is 4.33. The van der Waals surface area contributed by atoms with Gasteiger partial charge in [0.05, 0.1) is 23.8 Å². The monoisotopic (exact) mass is 411 g/mol. The lowest BCUT2D eigenvalue weighted by molar-refractivity contribution is -0.123. The Labute approximate surface area is 173 Å². The number of para-hydroxylation sites is 1. The van der Waals surface area contributed by atoms with Crippen LogP contribution in [0.3, 0.4) is 0 Å². The molecule has 0 N–H and O–H groups in total. The smallest absolute Gasteiger partial charge is 0.251 e. The molecule has 2 fully saturated rings. The highest BCUT2D eigenvalue weighted by atomic mass is 19.1. The molecule has 2 amide bonds. The topological polar surface area (TPSA) is 62.3 Å². The summed E-state index contributed by atoms with van der Waals surface area (Å²) in [6, 6.07) is 11.3. The van der Waals surface area contributed by atoms with Gasteiger partial charge in [0.2, 0.25) is 5.91 Å². The van der Waals surface area contributed by atoms with E-state index < -0.39 is 6.04 Å². The second-order valence-corrected chi connectivity index (χ2v) is 7.59. The van der Waals surface area contributed by atoms with Crippen molar-refractivity contribution in [2.75, 3.05) is 49.2 Å². The largest absolute Gasteiger partial charge is 0.486 e. The minimum atomic E-state index is -0.492. The zero-order valence-corrected chi connectivity index (χ0v) is 16.4. The Morgan fingerprint density at radius 3 is 2.40 bits per heavy atom. The predicted octanol–water partition coefficient (Wildman–Crippen LogP) is 2.05. The number of piperazine rings is 1. The molecule has 7 nitrogen and oxygen atoms in total. The Hall–Kier alpha value is -3.13. The van der Waals surface area contributed by atoms with E-state index in [1.807, 2.05) is 15.9 Å². The Balaban J connectivity index is 1.29. The second-order valence-electron chi connectivity index (χ2n) is 7.59. The standard InChI is InChI=1S/C22H22FN3O4/c23-16-3-1-2-4-17(16)24-7-9-25(10-8-24)18-14-21(27)26(22(18)28)15-5-6-19-20(13-15)30-12-11-29-19/h1-6,13,18H,7-12,14H2/t18-/m0/s1. The Morgan fingerprint density at radius 1 is 0.900 bits per heavy atom. The molecule has 0 bridgehead atoms. The van der Waals surface area contributed by atoms with Crippen molar-refractivity contribution in [3.63, 3.8) is 0 Å². The molecule has 2 saturated heterocycles. The van der Waals surface area contributed by atoms with Gasteiger partial charge in [0.15, 0.2) is 11.5 Å². The van der Waals surface area contributed by atoms with Gasteiger partial charge in [-0.1, -0.05) is 12.1 Å². The summed E-state index contributed by atoms with van der Waals surface area (Å²) in [6.07, 6.45) is 0.146. The summed E-state index contributed by atoms with van der Waals surface area (Å²) in [5, 5.41) is 0. The van der Waals surface area contributed by atoms with Gasteiger partial charge in [-0.05, 0) is 24.3 Å². The van der Waals surface area contributed by atoms with Gasteiger partial charge in [-0.3, -0.25) is 14.5 Å². The average molecular weight is 411 g/mol. The molecule has 0 spiro atoms. The number of nitrogens with zero attached hydrogens (tertiary/aromatic N) is 3. The number of anilines is 2.